The minimum Gasteiger partial charge on any atom is -0.215 e. The van der Waals surface area contributed by atoms with Crippen LogP contribution in [0.5, 0.6) is 0 Å². The van der Waals surface area contributed by atoms with Gasteiger partial charge in [0.2, 0.25) is 10.0 Å². The van der Waals surface area contributed by atoms with Crippen molar-refractivity contribution in [3.63, 3.8) is 0 Å². The lowest BCUT2D eigenvalue weighted by atomic mass is 9.94. The summed E-state index contributed by atoms with van der Waals surface area (Å²) < 4.78 is 25.6. The Morgan fingerprint density at radius 2 is 2.00 bits per heavy atom. The number of allylic oxidation sites excluding steroid dienone is 2. The van der Waals surface area contributed by atoms with Gasteiger partial charge < -0.3 is 0 Å². The maximum atomic E-state index is 11.5. The average molecular weight is 185 g/mol. The summed E-state index contributed by atoms with van der Waals surface area (Å²) in [6.07, 6.45) is 5.33. The van der Waals surface area contributed by atoms with Crippen molar-refractivity contribution in [2.24, 2.45) is 17.8 Å². The van der Waals surface area contributed by atoms with Crippen LogP contribution in [-0.4, -0.2) is 20.2 Å². The monoisotopic (exact) mass is 185 g/mol. The molecule has 2 fully saturated rings. The molecule has 1 N–H and O–H groups in total. The fraction of sp³-hybridized carbons (Fsp3) is 0.750. The molecular formula is C8H11NO2S. The van der Waals surface area contributed by atoms with Crippen LogP contribution < -0.4 is 4.72 Å². The lowest BCUT2D eigenvalue weighted by Gasteiger charge is -2.16. The van der Waals surface area contributed by atoms with E-state index >= 15 is 0 Å². The first-order valence-corrected chi connectivity index (χ1v) is 5.90. The lowest BCUT2D eigenvalue weighted by molar-refractivity contribution is 0.478. The molecule has 12 heavy (non-hydrogen) atoms. The highest BCUT2D eigenvalue weighted by Gasteiger charge is 2.54. The van der Waals surface area contributed by atoms with Gasteiger partial charge in [0.05, 0.1) is 5.25 Å². The number of rotatable bonds is 0. The van der Waals surface area contributed by atoms with Gasteiger partial charge >= 0.3 is 0 Å². The standard InChI is InChI=1S/C8H11NO2S/c10-12(11)8-6-2-1-5(3-6)7(8)4-9-12/h1-2,5-9H,3-4H2/t5-,6+,7-,8+/m1/s1. The van der Waals surface area contributed by atoms with Gasteiger partial charge in [-0.25, -0.2) is 13.1 Å². The molecular weight excluding hydrogens is 174 g/mol. The van der Waals surface area contributed by atoms with Crippen molar-refractivity contribution in [3.05, 3.63) is 12.2 Å². The molecule has 3 nitrogen and oxygen atoms in total. The Kier molecular flexibility index (Phi) is 1.14. The van der Waals surface area contributed by atoms with E-state index in [1.54, 1.807) is 0 Å². The maximum absolute atomic E-state index is 11.5. The Morgan fingerprint density at radius 1 is 1.25 bits per heavy atom. The molecule has 1 saturated carbocycles. The largest absolute Gasteiger partial charge is 0.215 e. The van der Waals surface area contributed by atoms with Gasteiger partial charge in [-0.3, -0.25) is 0 Å². The summed E-state index contributed by atoms with van der Waals surface area (Å²) in [5.74, 6) is 1.20. The van der Waals surface area contributed by atoms with Crippen LogP contribution in [0.4, 0.5) is 0 Å². The maximum Gasteiger partial charge on any atom is 0.215 e. The zero-order chi connectivity index (χ0) is 8.34. The van der Waals surface area contributed by atoms with Crippen molar-refractivity contribution in [3.8, 4) is 0 Å². The smallest absolute Gasteiger partial charge is 0.215 e. The van der Waals surface area contributed by atoms with Crippen LogP contribution in [0.25, 0.3) is 0 Å². The van der Waals surface area contributed by atoms with E-state index in [0.717, 1.165) is 6.42 Å². The molecule has 4 atom stereocenters. The van der Waals surface area contributed by atoms with Crippen molar-refractivity contribution < 1.29 is 8.42 Å². The quantitative estimate of drug-likeness (QED) is 0.544. The van der Waals surface area contributed by atoms with Gasteiger partial charge in [0.1, 0.15) is 0 Å². The fourth-order valence-corrected chi connectivity index (χ4v) is 4.95. The van der Waals surface area contributed by atoms with Crippen LogP contribution in [0.15, 0.2) is 12.2 Å². The summed E-state index contributed by atoms with van der Waals surface area (Å²) in [6, 6.07) is 0. The molecule has 0 aromatic rings. The summed E-state index contributed by atoms with van der Waals surface area (Å²) in [7, 11) is -2.96. The number of fused-ring (bicyclic) bond motifs is 5. The van der Waals surface area contributed by atoms with E-state index in [2.05, 4.69) is 16.9 Å². The highest BCUT2D eigenvalue weighted by molar-refractivity contribution is 7.90. The molecule has 2 bridgehead atoms. The fourth-order valence-electron chi connectivity index (χ4n) is 2.92. The number of hydrogen-bond acceptors (Lipinski definition) is 2. The van der Waals surface area contributed by atoms with E-state index in [9.17, 15) is 8.42 Å². The van der Waals surface area contributed by atoms with Gasteiger partial charge in [-0.2, -0.15) is 0 Å². The first-order chi connectivity index (χ1) is 5.68. The third-order valence-electron chi connectivity index (χ3n) is 3.42. The summed E-state index contributed by atoms with van der Waals surface area (Å²) in [6.45, 7) is 0.665. The van der Waals surface area contributed by atoms with Crippen LogP contribution in [0, 0.1) is 17.8 Å². The van der Waals surface area contributed by atoms with E-state index in [1.165, 1.54) is 0 Å². The van der Waals surface area contributed by atoms with Crippen LogP contribution in [-0.2, 0) is 10.0 Å². The summed E-state index contributed by atoms with van der Waals surface area (Å²) >= 11 is 0. The molecule has 0 unspecified atom stereocenters. The molecule has 0 radical (unpaired) electrons. The zero-order valence-electron chi connectivity index (χ0n) is 6.60. The second-order valence-electron chi connectivity index (χ2n) is 3.97. The van der Waals surface area contributed by atoms with Crippen LogP contribution in [0.2, 0.25) is 0 Å². The second-order valence-corrected chi connectivity index (χ2v) is 5.89. The van der Waals surface area contributed by atoms with Crippen molar-refractivity contribution in [1.82, 2.24) is 4.72 Å². The number of sulfonamides is 1. The summed E-state index contributed by atoms with van der Waals surface area (Å²) in [5.41, 5.74) is 0. The van der Waals surface area contributed by atoms with Crippen molar-refractivity contribution in [2.45, 2.75) is 11.7 Å². The Labute approximate surface area is 71.9 Å². The lowest BCUT2D eigenvalue weighted by Crippen LogP contribution is -2.28. The minimum atomic E-state index is -2.96. The molecule has 66 valence electrons. The van der Waals surface area contributed by atoms with Gasteiger partial charge in [0, 0.05) is 6.54 Å². The Hall–Kier alpha value is -0.350. The number of nitrogens with one attached hydrogen (secondary N) is 1. The Morgan fingerprint density at radius 3 is 2.75 bits per heavy atom. The van der Waals surface area contributed by atoms with E-state index in [1.807, 2.05) is 0 Å². The topological polar surface area (TPSA) is 46.2 Å². The minimum absolute atomic E-state index is 0.104. The highest BCUT2D eigenvalue weighted by Crippen LogP contribution is 2.48. The third kappa shape index (κ3) is 0.677. The molecule has 4 heteroatoms. The zero-order valence-corrected chi connectivity index (χ0v) is 7.42. The molecule has 1 heterocycles. The van der Waals surface area contributed by atoms with Crippen molar-refractivity contribution in [2.75, 3.05) is 6.54 Å². The summed E-state index contributed by atoms with van der Waals surface area (Å²) in [4.78, 5) is 0. The van der Waals surface area contributed by atoms with Crippen molar-refractivity contribution >= 4 is 10.0 Å². The SMILES string of the molecule is O=S1(=O)NC[C@H]2[C@@H]1[C@H]1C=C[C@@H]2C1. The van der Waals surface area contributed by atoms with Crippen LogP contribution in [0.3, 0.4) is 0 Å². The predicted molar refractivity (Wildman–Crippen MR) is 44.9 cm³/mol. The molecule has 2 aliphatic carbocycles. The first-order valence-electron chi connectivity index (χ1n) is 4.35. The van der Waals surface area contributed by atoms with Gasteiger partial charge in [0.15, 0.2) is 0 Å². The molecule has 0 amide bonds. The highest BCUT2D eigenvalue weighted by atomic mass is 32.2. The van der Waals surface area contributed by atoms with E-state index < -0.39 is 10.0 Å². The molecule has 3 rings (SSSR count). The molecule has 0 aromatic carbocycles. The molecule has 1 aliphatic heterocycles. The van der Waals surface area contributed by atoms with E-state index in [4.69, 9.17) is 0 Å². The molecule has 0 spiro atoms. The van der Waals surface area contributed by atoms with Gasteiger partial charge in [-0.15, -0.1) is 0 Å². The predicted octanol–water partition coefficient (Wildman–Crippen LogP) is 0.110. The van der Waals surface area contributed by atoms with Gasteiger partial charge in [-0.05, 0) is 24.2 Å². The second kappa shape index (κ2) is 1.93. The molecule has 1 saturated heterocycles. The van der Waals surface area contributed by atoms with E-state index in [-0.39, 0.29) is 5.25 Å². The van der Waals surface area contributed by atoms with Crippen LogP contribution >= 0.6 is 0 Å². The summed E-state index contributed by atoms with van der Waals surface area (Å²) in [5, 5.41) is -0.104. The normalized spacial score (nSPS) is 53.0. The van der Waals surface area contributed by atoms with Crippen LogP contribution in [0.1, 0.15) is 6.42 Å². The van der Waals surface area contributed by atoms with Gasteiger partial charge in [-0.1, -0.05) is 12.2 Å². The number of hydrogen-bond donors (Lipinski definition) is 1. The molecule has 0 aromatic heterocycles. The average Bonchev–Trinajstić information content (AvgIpc) is 2.61. The Balaban J connectivity index is 2.11. The van der Waals surface area contributed by atoms with E-state index in [0.29, 0.717) is 24.3 Å². The van der Waals surface area contributed by atoms with Gasteiger partial charge in [0.25, 0.3) is 0 Å². The Bertz CT molecular complexity index is 346. The molecule has 3 aliphatic rings. The third-order valence-corrected chi connectivity index (χ3v) is 5.41. The first kappa shape index (κ1) is 7.09. The van der Waals surface area contributed by atoms with Crippen molar-refractivity contribution in [1.29, 1.82) is 0 Å².